The van der Waals surface area contributed by atoms with Crippen molar-refractivity contribution in [3.63, 3.8) is 0 Å². The summed E-state index contributed by atoms with van der Waals surface area (Å²) in [6.45, 7) is 1.54. The zero-order valence-corrected chi connectivity index (χ0v) is 12.9. The number of hydrogen-bond acceptors (Lipinski definition) is 2. The number of benzene rings is 1. The molecule has 0 aromatic heterocycles. The Morgan fingerprint density at radius 3 is 2.47 bits per heavy atom. The lowest BCUT2D eigenvalue weighted by molar-refractivity contribution is 0.370. The minimum atomic E-state index is -0.458. The summed E-state index contributed by atoms with van der Waals surface area (Å²) in [5.74, 6) is -0.916. The molecule has 0 aliphatic carbocycles. The van der Waals surface area contributed by atoms with Gasteiger partial charge in [-0.1, -0.05) is 15.9 Å². The highest BCUT2D eigenvalue weighted by Crippen LogP contribution is 2.32. The van der Waals surface area contributed by atoms with Crippen molar-refractivity contribution < 1.29 is 8.78 Å². The first-order valence-corrected chi connectivity index (χ1v) is 7.60. The van der Waals surface area contributed by atoms with E-state index in [2.05, 4.69) is 20.8 Å². The van der Waals surface area contributed by atoms with Crippen LogP contribution in [0.15, 0.2) is 12.1 Å². The number of likely N-dealkylation sites (N-methyl/N-ethyl adjacent to an activating group) is 1. The van der Waals surface area contributed by atoms with Gasteiger partial charge in [0.1, 0.15) is 17.3 Å². The summed E-state index contributed by atoms with van der Waals surface area (Å²) in [5.41, 5.74) is 0.760. The zero-order chi connectivity index (χ0) is 14.0. The van der Waals surface area contributed by atoms with Gasteiger partial charge >= 0.3 is 0 Å². The van der Waals surface area contributed by atoms with Crippen molar-refractivity contribution in [1.82, 2.24) is 4.90 Å². The van der Waals surface area contributed by atoms with Crippen molar-refractivity contribution in [2.24, 2.45) is 0 Å². The number of rotatable bonds is 4. The first kappa shape index (κ1) is 14.7. The standard InChI is InChI=1S/C14H19BrF2N2/c1-18(2)9-11-4-3-5-19(11)14-12(16)6-10(8-15)7-13(14)17/h6-7,11H,3-5,8-9H2,1-2H3. The predicted molar refractivity (Wildman–Crippen MR) is 77.9 cm³/mol. The Kier molecular flexibility index (Phi) is 4.79. The summed E-state index contributed by atoms with van der Waals surface area (Å²) in [4.78, 5) is 3.94. The zero-order valence-electron chi connectivity index (χ0n) is 11.3. The first-order chi connectivity index (χ1) is 9.02. The molecule has 0 radical (unpaired) electrons. The Hall–Kier alpha value is -0.680. The maximum absolute atomic E-state index is 14.1. The van der Waals surface area contributed by atoms with Crippen LogP contribution in [0, 0.1) is 11.6 Å². The fourth-order valence-corrected chi connectivity index (χ4v) is 3.03. The molecule has 19 heavy (non-hydrogen) atoms. The third-order valence-electron chi connectivity index (χ3n) is 3.47. The van der Waals surface area contributed by atoms with E-state index in [1.54, 1.807) is 0 Å². The Morgan fingerprint density at radius 1 is 1.32 bits per heavy atom. The summed E-state index contributed by atoms with van der Waals surface area (Å²) >= 11 is 3.22. The van der Waals surface area contributed by atoms with E-state index in [9.17, 15) is 8.78 Å². The quantitative estimate of drug-likeness (QED) is 0.780. The third kappa shape index (κ3) is 3.26. The van der Waals surface area contributed by atoms with Gasteiger partial charge in [-0.25, -0.2) is 8.78 Å². The molecule has 1 aliphatic rings. The van der Waals surface area contributed by atoms with Gasteiger partial charge in [0.15, 0.2) is 0 Å². The number of halogens is 3. The predicted octanol–water partition coefficient (Wildman–Crippen LogP) is 3.39. The lowest BCUT2D eigenvalue weighted by atomic mass is 10.1. The summed E-state index contributed by atoms with van der Waals surface area (Å²) < 4.78 is 28.3. The van der Waals surface area contributed by atoms with Crippen LogP contribution in [0.2, 0.25) is 0 Å². The van der Waals surface area contributed by atoms with Gasteiger partial charge in [-0.3, -0.25) is 0 Å². The summed E-state index contributed by atoms with van der Waals surface area (Å²) in [7, 11) is 3.97. The van der Waals surface area contributed by atoms with Gasteiger partial charge in [0, 0.05) is 24.5 Å². The molecule has 1 unspecified atom stereocenters. The molecule has 2 nitrogen and oxygen atoms in total. The van der Waals surface area contributed by atoms with Crippen LogP contribution in [0.3, 0.4) is 0 Å². The molecule has 1 heterocycles. The second-order valence-corrected chi connectivity index (χ2v) is 5.85. The number of anilines is 1. The molecule has 2 rings (SSSR count). The summed E-state index contributed by atoms with van der Waals surface area (Å²) in [6.07, 6.45) is 1.97. The Bertz CT molecular complexity index is 428. The van der Waals surface area contributed by atoms with Crippen molar-refractivity contribution in [3.05, 3.63) is 29.3 Å². The monoisotopic (exact) mass is 332 g/mol. The van der Waals surface area contributed by atoms with E-state index in [4.69, 9.17) is 0 Å². The molecular formula is C14H19BrF2N2. The van der Waals surface area contributed by atoms with E-state index < -0.39 is 11.6 Å². The van der Waals surface area contributed by atoms with E-state index in [0.29, 0.717) is 10.9 Å². The van der Waals surface area contributed by atoms with Gasteiger partial charge in [0.2, 0.25) is 0 Å². The highest BCUT2D eigenvalue weighted by Gasteiger charge is 2.29. The minimum Gasteiger partial charge on any atom is -0.363 e. The average molecular weight is 333 g/mol. The smallest absolute Gasteiger partial charge is 0.149 e. The van der Waals surface area contributed by atoms with Gasteiger partial charge in [0.25, 0.3) is 0 Å². The Balaban J connectivity index is 2.30. The van der Waals surface area contributed by atoms with Crippen LogP contribution in [0.25, 0.3) is 0 Å². The molecule has 0 spiro atoms. The largest absolute Gasteiger partial charge is 0.363 e. The van der Waals surface area contributed by atoms with Crippen LogP contribution in [-0.2, 0) is 5.33 Å². The summed E-state index contributed by atoms with van der Waals surface area (Å²) in [5, 5.41) is 0.461. The molecule has 1 atom stereocenters. The highest BCUT2D eigenvalue weighted by atomic mass is 79.9. The molecule has 1 saturated heterocycles. The molecule has 1 aliphatic heterocycles. The molecule has 1 fully saturated rings. The topological polar surface area (TPSA) is 6.48 Å². The van der Waals surface area contributed by atoms with Gasteiger partial charge in [-0.15, -0.1) is 0 Å². The van der Waals surface area contributed by atoms with Crippen molar-refractivity contribution in [2.75, 3.05) is 32.1 Å². The van der Waals surface area contributed by atoms with Crippen LogP contribution in [0.5, 0.6) is 0 Å². The van der Waals surface area contributed by atoms with Crippen molar-refractivity contribution in [3.8, 4) is 0 Å². The molecule has 0 N–H and O–H groups in total. The number of hydrogen-bond donors (Lipinski definition) is 0. The lowest BCUT2D eigenvalue weighted by Gasteiger charge is -2.29. The van der Waals surface area contributed by atoms with Gasteiger partial charge < -0.3 is 9.80 Å². The van der Waals surface area contributed by atoms with Crippen LogP contribution in [-0.4, -0.2) is 38.1 Å². The Morgan fingerprint density at radius 2 is 1.95 bits per heavy atom. The maximum Gasteiger partial charge on any atom is 0.149 e. The molecule has 0 bridgehead atoms. The Labute approximate surface area is 121 Å². The van der Waals surface area contributed by atoms with E-state index in [1.165, 1.54) is 12.1 Å². The molecule has 1 aromatic rings. The molecule has 0 saturated carbocycles. The van der Waals surface area contributed by atoms with Crippen LogP contribution >= 0.6 is 15.9 Å². The minimum absolute atomic E-state index is 0.133. The van der Waals surface area contributed by atoms with E-state index in [-0.39, 0.29) is 11.7 Å². The van der Waals surface area contributed by atoms with Crippen molar-refractivity contribution in [2.45, 2.75) is 24.2 Å². The van der Waals surface area contributed by atoms with Crippen LogP contribution < -0.4 is 4.90 Å². The second-order valence-electron chi connectivity index (χ2n) is 5.29. The fraction of sp³-hybridized carbons (Fsp3) is 0.571. The van der Waals surface area contributed by atoms with Crippen LogP contribution in [0.4, 0.5) is 14.5 Å². The molecule has 5 heteroatoms. The van der Waals surface area contributed by atoms with E-state index >= 15 is 0 Å². The lowest BCUT2D eigenvalue weighted by Crippen LogP contribution is -2.38. The van der Waals surface area contributed by atoms with Gasteiger partial charge in [-0.2, -0.15) is 0 Å². The number of alkyl halides is 1. The molecular weight excluding hydrogens is 314 g/mol. The second kappa shape index (κ2) is 6.18. The number of nitrogens with zero attached hydrogens (tertiary/aromatic N) is 2. The van der Waals surface area contributed by atoms with E-state index in [0.717, 1.165) is 25.9 Å². The SMILES string of the molecule is CN(C)CC1CCCN1c1c(F)cc(CBr)cc1F. The molecule has 1 aromatic carbocycles. The first-order valence-electron chi connectivity index (χ1n) is 6.48. The fourth-order valence-electron chi connectivity index (χ4n) is 2.71. The van der Waals surface area contributed by atoms with Gasteiger partial charge in [-0.05, 0) is 44.6 Å². The third-order valence-corrected chi connectivity index (χ3v) is 4.12. The van der Waals surface area contributed by atoms with Crippen molar-refractivity contribution in [1.29, 1.82) is 0 Å². The van der Waals surface area contributed by atoms with Gasteiger partial charge in [0.05, 0.1) is 0 Å². The molecule has 106 valence electrons. The summed E-state index contributed by atoms with van der Waals surface area (Å²) in [6, 6.07) is 3.02. The average Bonchev–Trinajstić information content (AvgIpc) is 2.75. The van der Waals surface area contributed by atoms with Crippen molar-refractivity contribution >= 4 is 21.6 Å². The normalized spacial score (nSPS) is 19.5. The maximum atomic E-state index is 14.1. The molecule has 0 amide bonds. The van der Waals surface area contributed by atoms with Crippen LogP contribution in [0.1, 0.15) is 18.4 Å². The van der Waals surface area contributed by atoms with E-state index in [1.807, 2.05) is 19.0 Å². The highest BCUT2D eigenvalue weighted by molar-refractivity contribution is 9.08.